The molecule has 0 saturated heterocycles. The lowest BCUT2D eigenvalue weighted by Gasteiger charge is -2.05. The van der Waals surface area contributed by atoms with E-state index in [0.717, 1.165) is 5.39 Å². The van der Waals surface area contributed by atoms with Gasteiger partial charge in [0.05, 0.1) is 10.6 Å². The molecule has 5 heteroatoms. The minimum Gasteiger partial charge on any atom is -0.619 e. The van der Waals surface area contributed by atoms with E-state index in [1.165, 1.54) is 0 Å². The van der Waals surface area contributed by atoms with Crippen LogP contribution in [0, 0.1) is 5.21 Å². The van der Waals surface area contributed by atoms with Crippen LogP contribution in [0.25, 0.3) is 10.8 Å². The van der Waals surface area contributed by atoms with Gasteiger partial charge in [-0.15, -0.1) is 0 Å². The van der Waals surface area contributed by atoms with E-state index in [9.17, 15) is 13.6 Å². The fourth-order valence-electron chi connectivity index (χ4n) is 2.31. The maximum absolute atomic E-state index is 12.0. The Balaban J connectivity index is 0.000000637. The Kier molecular flexibility index (Phi) is 3.32. The van der Waals surface area contributed by atoms with E-state index in [1.807, 2.05) is 19.9 Å². The quantitative estimate of drug-likeness (QED) is 0.348. The maximum Gasteiger partial charge on any atom is 0.220 e. The Morgan fingerprint density at radius 1 is 1.21 bits per heavy atom. The van der Waals surface area contributed by atoms with Gasteiger partial charge in [0.2, 0.25) is 5.69 Å². The zero-order chi connectivity index (χ0) is 14.2. The predicted octanol–water partition coefficient (Wildman–Crippen LogP) is 3.00. The molecule has 0 unspecified atom stereocenters. The van der Waals surface area contributed by atoms with E-state index >= 15 is 0 Å². The van der Waals surface area contributed by atoms with E-state index in [1.54, 1.807) is 24.3 Å². The summed E-state index contributed by atoms with van der Waals surface area (Å²) in [6.07, 6.45) is 0. The van der Waals surface area contributed by atoms with E-state index in [-0.39, 0.29) is 5.75 Å². The smallest absolute Gasteiger partial charge is 0.220 e. The first kappa shape index (κ1) is 13.5. The summed E-state index contributed by atoms with van der Waals surface area (Å²) in [5.41, 5.74) is 0.883. The first-order valence-corrected chi connectivity index (χ1v) is 7.71. The standard InChI is InChI=1S/C12H9NO3S.C2H6/c1-13(14)10-6-5-8-3-2-4-11-12(8)9(10)7-17(11,15)16;1-2/h2-6H,1,7H2;1-2H3. The lowest BCUT2D eigenvalue weighted by Crippen LogP contribution is -1.99. The van der Waals surface area contributed by atoms with Crippen molar-refractivity contribution >= 4 is 33.0 Å². The van der Waals surface area contributed by atoms with Crippen LogP contribution < -0.4 is 0 Å². The molecule has 4 nitrogen and oxygen atoms in total. The molecule has 0 bridgehead atoms. The summed E-state index contributed by atoms with van der Waals surface area (Å²) in [5, 5.41) is 12.8. The molecule has 0 fully saturated rings. The molecule has 0 atom stereocenters. The highest BCUT2D eigenvalue weighted by molar-refractivity contribution is 7.91. The fourth-order valence-corrected chi connectivity index (χ4v) is 3.98. The van der Waals surface area contributed by atoms with Crippen LogP contribution in [-0.2, 0) is 15.6 Å². The highest BCUT2D eigenvalue weighted by Gasteiger charge is 2.32. The van der Waals surface area contributed by atoms with Crippen LogP contribution in [0.1, 0.15) is 19.4 Å². The zero-order valence-electron chi connectivity index (χ0n) is 10.9. The van der Waals surface area contributed by atoms with Crippen LogP contribution in [0.15, 0.2) is 35.2 Å². The number of benzene rings is 2. The third-order valence-electron chi connectivity index (χ3n) is 3.03. The van der Waals surface area contributed by atoms with E-state index in [4.69, 9.17) is 0 Å². The summed E-state index contributed by atoms with van der Waals surface area (Å²) >= 11 is 0. The molecule has 2 aromatic rings. The first-order valence-electron chi connectivity index (χ1n) is 6.06. The third-order valence-corrected chi connectivity index (χ3v) is 4.71. The molecule has 0 aliphatic carbocycles. The van der Waals surface area contributed by atoms with Gasteiger partial charge in [-0.3, -0.25) is 0 Å². The van der Waals surface area contributed by atoms with Gasteiger partial charge in [0.1, 0.15) is 6.72 Å². The van der Waals surface area contributed by atoms with Crippen LogP contribution in [0.5, 0.6) is 0 Å². The van der Waals surface area contributed by atoms with Crippen LogP contribution in [0.4, 0.5) is 5.69 Å². The molecular weight excluding hydrogens is 262 g/mol. The van der Waals surface area contributed by atoms with Crippen molar-refractivity contribution in [3.63, 3.8) is 0 Å². The van der Waals surface area contributed by atoms with E-state index in [2.05, 4.69) is 6.72 Å². The summed E-state index contributed by atoms with van der Waals surface area (Å²) in [6.45, 7) is 7.28. The van der Waals surface area contributed by atoms with E-state index in [0.29, 0.717) is 26.3 Å². The normalized spacial score (nSPS) is 14.8. The van der Waals surface area contributed by atoms with Gasteiger partial charge in [-0.25, -0.2) is 8.42 Å². The second-order valence-corrected chi connectivity index (χ2v) is 6.01. The average Bonchev–Trinajstić information content (AvgIpc) is 2.66. The molecule has 2 aromatic carbocycles. The number of hydrogen-bond acceptors (Lipinski definition) is 3. The molecule has 0 aromatic heterocycles. The van der Waals surface area contributed by atoms with Crippen molar-refractivity contribution in [1.82, 2.24) is 0 Å². The van der Waals surface area contributed by atoms with Crippen molar-refractivity contribution in [2.45, 2.75) is 24.5 Å². The van der Waals surface area contributed by atoms with Crippen molar-refractivity contribution in [2.24, 2.45) is 0 Å². The molecule has 19 heavy (non-hydrogen) atoms. The topological polar surface area (TPSA) is 60.2 Å². The first-order chi connectivity index (χ1) is 9.00. The summed E-state index contributed by atoms with van der Waals surface area (Å²) in [6, 6.07) is 8.49. The molecule has 1 heterocycles. The highest BCUT2D eigenvalue weighted by atomic mass is 32.2. The largest absolute Gasteiger partial charge is 0.619 e. The van der Waals surface area contributed by atoms with Crippen molar-refractivity contribution in [2.75, 3.05) is 0 Å². The van der Waals surface area contributed by atoms with Crippen molar-refractivity contribution in [3.05, 3.63) is 41.1 Å². The van der Waals surface area contributed by atoms with E-state index < -0.39 is 9.84 Å². The number of sulfone groups is 1. The van der Waals surface area contributed by atoms with Crippen molar-refractivity contribution in [1.29, 1.82) is 0 Å². The Labute approximate surface area is 112 Å². The lowest BCUT2D eigenvalue weighted by atomic mass is 10.0. The maximum atomic E-state index is 12.0. The number of nitrogens with zero attached hydrogens (tertiary/aromatic N) is 1. The van der Waals surface area contributed by atoms with Gasteiger partial charge in [0, 0.05) is 17.0 Å². The highest BCUT2D eigenvalue weighted by Crippen LogP contribution is 2.40. The lowest BCUT2D eigenvalue weighted by molar-refractivity contribution is -0.350. The molecule has 0 spiro atoms. The second kappa shape index (κ2) is 4.66. The summed E-state index contributed by atoms with van der Waals surface area (Å²) in [4.78, 5) is 0.314. The Morgan fingerprint density at radius 2 is 1.89 bits per heavy atom. The molecule has 100 valence electrons. The molecule has 3 rings (SSSR count). The molecule has 0 saturated carbocycles. The minimum absolute atomic E-state index is 0.118. The van der Waals surface area contributed by atoms with Crippen LogP contribution in [-0.4, -0.2) is 19.9 Å². The van der Waals surface area contributed by atoms with Crippen LogP contribution in [0.3, 0.4) is 0 Å². The molecule has 0 radical (unpaired) electrons. The summed E-state index contributed by atoms with van der Waals surface area (Å²) < 4.78 is 24.4. The zero-order valence-corrected chi connectivity index (χ0v) is 11.7. The molecule has 0 amide bonds. The number of rotatable bonds is 1. The molecule has 0 N–H and O–H groups in total. The Bertz CT molecular complexity index is 764. The Hall–Kier alpha value is -1.88. The summed E-state index contributed by atoms with van der Waals surface area (Å²) in [5.74, 6) is -0.118. The average molecular weight is 277 g/mol. The molecule has 1 aliphatic heterocycles. The van der Waals surface area contributed by atoms with Gasteiger partial charge in [-0.1, -0.05) is 26.0 Å². The van der Waals surface area contributed by atoms with Crippen LogP contribution in [0.2, 0.25) is 0 Å². The van der Waals surface area contributed by atoms with Gasteiger partial charge in [0.15, 0.2) is 9.84 Å². The van der Waals surface area contributed by atoms with Crippen molar-refractivity contribution in [3.8, 4) is 0 Å². The van der Waals surface area contributed by atoms with Crippen LogP contribution >= 0.6 is 0 Å². The van der Waals surface area contributed by atoms with Gasteiger partial charge in [-0.2, -0.15) is 4.74 Å². The second-order valence-electron chi connectivity index (χ2n) is 4.06. The Morgan fingerprint density at radius 3 is 2.53 bits per heavy atom. The van der Waals surface area contributed by atoms with Gasteiger partial charge < -0.3 is 5.21 Å². The third kappa shape index (κ3) is 2.00. The monoisotopic (exact) mass is 277 g/mol. The minimum atomic E-state index is -3.31. The van der Waals surface area contributed by atoms with Gasteiger partial charge in [0.25, 0.3) is 0 Å². The predicted molar refractivity (Wildman–Crippen MR) is 76.6 cm³/mol. The van der Waals surface area contributed by atoms with Gasteiger partial charge in [-0.05, 0) is 17.5 Å². The van der Waals surface area contributed by atoms with Crippen molar-refractivity contribution < 1.29 is 13.2 Å². The molecule has 1 aliphatic rings. The SMILES string of the molecule is C=[N+]([O-])c1ccc2cccc3c2c1CS3(=O)=O.CC. The fraction of sp³-hybridized carbons (Fsp3) is 0.214. The summed E-state index contributed by atoms with van der Waals surface area (Å²) in [7, 11) is -3.31. The number of hydrogen-bond donors (Lipinski definition) is 0. The van der Waals surface area contributed by atoms with Gasteiger partial charge >= 0.3 is 0 Å². The molecular formula is C14H15NO3S.